The molecule has 0 aliphatic carbocycles. The summed E-state index contributed by atoms with van der Waals surface area (Å²) in [5, 5.41) is 9.65. The summed E-state index contributed by atoms with van der Waals surface area (Å²) in [4.78, 5) is 0. The lowest BCUT2D eigenvalue weighted by atomic mass is 9.85. The number of hydrogen-bond donors (Lipinski definition) is 1. The molecule has 0 rings (SSSR count). The third-order valence-electron chi connectivity index (χ3n) is 1.78. The maximum Gasteiger partial charge on any atom is 0.208 e. The largest absolute Gasteiger partial charge is 0.393 e. The fourth-order valence-electron chi connectivity index (χ4n) is 1.42. The van der Waals surface area contributed by atoms with Gasteiger partial charge in [0.1, 0.15) is 6.29 Å². The van der Waals surface area contributed by atoms with Gasteiger partial charge in [-0.25, -0.2) is 0 Å². The molecule has 2 atom stereocenters. The van der Waals surface area contributed by atoms with Crippen molar-refractivity contribution < 1.29 is 9.53 Å². The summed E-state index contributed by atoms with van der Waals surface area (Å²) in [5.41, 5.74) is 0.262. The van der Waals surface area contributed by atoms with E-state index >= 15 is 0 Å². The third-order valence-corrected chi connectivity index (χ3v) is 2.49. The Morgan fingerprint density at radius 2 is 1.77 bits per heavy atom. The Hall–Kier alpha value is 0.137. The van der Waals surface area contributed by atoms with Crippen molar-refractivity contribution in [2.75, 3.05) is 0 Å². The van der Waals surface area contributed by atoms with E-state index in [1.165, 1.54) is 0 Å². The average molecular weight is 203 g/mol. The molecule has 3 heteroatoms. The van der Waals surface area contributed by atoms with Crippen LogP contribution in [-0.4, -0.2) is 20.4 Å². The summed E-state index contributed by atoms with van der Waals surface area (Å²) >= 11 is 0. The van der Waals surface area contributed by atoms with Gasteiger partial charge in [-0.2, -0.15) is 0 Å². The minimum absolute atomic E-state index is 0.222. The molecule has 0 spiro atoms. The molecule has 0 heterocycles. The molecule has 13 heavy (non-hydrogen) atoms. The molecule has 0 saturated heterocycles. The fourth-order valence-corrected chi connectivity index (χ4v) is 2.14. The van der Waals surface area contributed by atoms with E-state index in [-0.39, 0.29) is 11.3 Å². The van der Waals surface area contributed by atoms with Gasteiger partial charge in [0.05, 0.1) is 0 Å². The van der Waals surface area contributed by atoms with E-state index < -0.39 is 15.3 Å². The van der Waals surface area contributed by atoms with Crippen LogP contribution in [0, 0.1) is 11.3 Å². The quantitative estimate of drug-likeness (QED) is 0.562. The van der Waals surface area contributed by atoms with Crippen molar-refractivity contribution in [3.63, 3.8) is 0 Å². The molecule has 0 aromatic carbocycles. The molecule has 0 saturated carbocycles. The molecular formula is C10H23O2Si. The minimum Gasteiger partial charge on any atom is -0.393 e. The standard InChI is InChI=1S/C10H23O2Si/c1-8(7-10(2,3)4)9(11)12-13(5)6/h8-9,11H,7H2,1-6H3/t8-,9?/m0/s1. The Labute approximate surface area is 84.0 Å². The summed E-state index contributed by atoms with van der Waals surface area (Å²) in [6.45, 7) is 12.7. The van der Waals surface area contributed by atoms with Crippen LogP contribution >= 0.6 is 0 Å². The molecular weight excluding hydrogens is 180 g/mol. The van der Waals surface area contributed by atoms with E-state index in [2.05, 4.69) is 20.8 Å². The first-order chi connectivity index (χ1) is 5.72. The van der Waals surface area contributed by atoms with Crippen LogP contribution in [0.25, 0.3) is 0 Å². The van der Waals surface area contributed by atoms with Gasteiger partial charge in [-0.3, -0.25) is 0 Å². The summed E-state index contributed by atoms with van der Waals surface area (Å²) in [5.74, 6) is 0.222. The SMILES string of the molecule is C[C@@H](CC(C)(C)C)C(O)O[Si](C)C. The van der Waals surface area contributed by atoms with Crippen molar-refractivity contribution in [2.24, 2.45) is 11.3 Å². The van der Waals surface area contributed by atoms with Gasteiger partial charge in [-0.1, -0.05) is 27.7 Å². The molecule has 0 aliphatic rings. The average Bonchev–Trinajstić information content (AvgIpc) is 1.81. The first kappa shape index (κ1) is 13.1. The molecule has 0 bridgehead atoms. The Morgan fingerprint density at radius 1 is 1.31 bits per heavy atom. The Kier molecular flexibility index (Phi) is 5.18. The van der Waals surface area contributed by atoms with Crippen LogP contribution in [0.3, 0.4) is 0 Å². The maximum atomic E-state index is 9.65. The van der Waals surface area contributed by atoms with E-state index in [1.54, 1.807) is 0 Å². The topological polar surface area (TPSA) is 29.5 Å². The fraction of sp³-hybridized carbons (Fsp3) is 1.00. The van der Waals surface area contributed by atoms with Crippen LogP contribution in [-0.2, 0) is 4.43 Å². The van der Waals surface area contributed by atoms with Gasteiger partial charge in [0, 0.05) is 5.92 Å². The van der Waals surface area contributed by atoms with Gasteiger partial charge < -0.3 is 9.53 Å². The molecule has 0 fully saturated rings. The summed E-state index contributed by atoms with van der Waals surface area (Å²) in [6.07, 6.45) is 0.409. The lowest BCUT2D eigenvalue weighted by Crippen LogP contribution is -2.29. The zero-order valence-corrected chi connectivity index (χ0v) is 10.7. The monoisotopic (exact) mass is 203 g/mol. The van der Waals surface area contributed by atoms with Crippen molar-refractivity contribution in [3.8, 4) is 0 Å². The summed E-state index contributed by atoms with van der Waals surface area (Å²) in [7, 11) is -0.783. The van der Waals surface area contributed by atoms with Crippen LogP contribution in [0.4, 0.5) is 0 Å². The predicted octanol–water partition coefficient (Wildman–Crippen LogP) is 2.64. The van der Waals surface area contributed by atoms with Gasteiger partial charge in [0.25, 0.3) is 0 Å². The third kappa shape index (κ3) is 7.23. The van der Waals surface area contributed by atoms with E-state index in [0.717, 1.165) is 6.42 Å². The van der Waals surface area contributed by atoms with Crippen LogP contribution in [0.2, 0.25) is 13.1 Å². The van der Waals surface area contributed by atoms with Gasteiger partial charge in [-0.15, -0.1) is 0 Å². The highest BCUT2D eigenvalue weighted by molar-refractivity contribution is 6.48. The molecule has 2 nitrogen and oxygen atoms in total. The van der Waals surface area contributed by atoms with E-state index in [9.17, 15) is 5.11 Å². The van der Waals surface area contributed by atoms with Crippen molar-refractivity contribution >= 4 is 9.04 Å². The Balaban J connectivity index is 3.89. The highest BCUT2D eigenvalue weighted by Gasteiger charge is 2.22. The zero-order valence-electron chi connectivity index (χ0n) is 9.72. The number of aliphatic hydroxyl groups is 1. The lowest BCUT2D eigenvalue weighted by Gasteiger charge is -2.27. The Bertz CT molecular complexity index is 140. The van der Waals surface area contributed by atoms with Crippen LogP contribution in [0.5, 0.6) is 0 Å². The second-order valence-corrected chi connectivity index (χ2v) is 7.21. The van der Waals surface area contributed by atoms with Crippen LogP contribution < -0.4 is 0 Å². The van der Waals surface area contributed by atoms with Crippen molar-refractivity contribution in [1.82, 2.24) is 0 Å². The zero-order chi connectivity index (χ0) is 10.6. The first-order valence-electron chi connectivity index (χ1n) is 4.87. The van der Waals surface area contributed by atoms with E-state index in [0.29, 0.717) is 0 Å². The van der Waals surface area contributed by atoms with Gasteiger partial charge in [0.2, 0.25) is 9.04 Å². The second-order valence-electron chi connectivity index (χ2n) is 5.16. The molecule has 0 aromatic heterocycles. The lowest BCUT2D eigenvalue weighted by molar-refractivity contribution is -0.0687. The molecule has 0 amide bonds. The first-order valence-corrected chi connectivity index (χ1v) is 7.28. The maximum absolute atomic E-state index is 9.65. The summed E-state index contributed by atoms with van der Waals surface area (Å²) < 4.78 is 5.42. The predicted molar refractivity (Wildman–Crippen MR) is 57.8 cm³/mol. The molecule has 79 valence electrons. The van der Waals surface area contributed by atoms with Crippen molar-refractivity contribution in [3.05, 3.63) is 0 Å². The number of aliphatic hydroxyl groups excluding tert-OH is 1. The molecule has 1 unspecified atom stereocenters. The number of hydrogen-bond acceptors (Lipinski definition) is 2. The number of rotatable bonds is 4. The van der Waals surface area contributed by atoms with E-state index in [4.69, 9.17) is 4.43 Å². The summed E-state index contributed by atoms with van der Waals surface area (Å²) in [6, 6.07) is 0. The normalized spacial score (nSPS) is 17.5. The molecule has 1 radical (unpaired) electrons. The van der Waals surface area contributed by atoms with Crippen LogP contribution in [0.1, 0.15) is 34.1 Å². The Morgan fingerprint density at radius 3 is 2.08 bits per heavy atom. The minimum atomic E-state index is -0.783. The van der Waals surface area contributed by atoms with Gasteiger partial charge >= 0.3 is 0 Å². The van der Waals surface area contributed by atoms with Gasteiger partial charge in [0.15, 0.2) is 0 Å². The molecule has 0 aromatic rings. The molecule has 0 aliphatic heterocycles. The highest BCUT2D eigenvalue weighted by Crippen LogP contribution is 2.26. The van der Waals surface area contributed by atoms with Crippen molar-refractivity contribution in [2.45, 2.75) is 53.5 Å². The second kappa shape index (κ2) is 5.13. The molecule has 1 N–H and O–H groups in total. The van der Waals surface area contributed by atoms with E-state index in [1.807, 2.05) is 20.0 Å². The van der Waals surface area contributed by atoms with Crippen LogP contribution in [0.15, 0.2) is 0 Å². The highest BCUT2D eigenvalue weighted by atomic mass is 28.3. The smallest absolute Gasteiger partial charge is 0.208 e. The van der Waals surface area contributed by atoms with Gasteiger partial charge in [-0.05, 0) is 24.9 Å². The van der Waals surface area contributed by atoms with Crippen molar-refractivity contribution in [1.29, 1.82) is 0 Å².